The summed E-state index contributed by atoms with van der Waals surface area (Å²) in [4.78, 5) is 0. The molecule has 3 aromatic rings. The van der Waals surface area contributed by atoms with Crippen molar-refractivity contribution in [3.63, 3.8) is 0 Å². The van der Waals surface area contributed by atoms with Gasteiger partial charge in [0.1, 0.15) is 0 Å². The highest BCUT2D eigenvalue weighted by Gasteiger charge is 2.04. The van der Waals surface area contributed by atoms with E-state index in [-0.39, 0.29) is 0 Å². The first-order valence-corrected chi connectivity index (χ1v) is 7.32. The molecule has 22 heavy (non-hydrogen) atoms. The summed E-state index contributed by atoms with van der Waals surface area (Å²) < 4.78 is 5.66. The molecule has 0 N–H and O–H groups in total. The molecule has 0 radical (unpaired) electrons. The highest BCUT2D eigenvalue weighted by Crippen LogP contribution is 2.12. The fourth-order valence-corrected chi connectivity index (χ4v) is 2.23. The predicted octanol–water partition coefficient (Wildman–Crippen LogP) is 4.45. The Morgan fingerprint density at radius 3 is 2.50 bits per heavy atom. The molecule has 3 heteroatoms. The molecule has 0 spiro atoms. The second-order valence-electron chi connectivity index (χ2n) is 5.44. The van der Waals surface area contributed by atoms with Crippen LogP contribution in [-0.2, 0) is 6.42 Å². The number of rotatable bonds is 4. The molecule has 0 saturated carbocycles. The van der Waals surface area contributed by atoms with Gasteiger partial charge in [0.25, 0.3) is 0 Å². The molecule has 0 fully saturated rings. The third kappa shape index (κ3) is 3.70. The van der Waals surface area contributed by atoms with Crippen molar-refractivity contribution in [3.05, 3.63) is 82.6 Å². The normalized spacial score (nSPS) is 11.2. The van der Waals surface area contributed by atoms with Crippen LogP contribution in [0.4, 0.5) is 0 Å². The van der Waals surface area contributed by atoms with Crippen LogP contribution in [0.5, 0.6) is 0 Å². The quantitative estimate of drug-likeness (QED) is 0.712. The second kappa shape index (κ2) is 6.39. The van der Waals surface area contributed by atoms with Crippen LogP contribution in [0.1, 0.15) is 34.0 Å². The van der Waals surface area contributed by atoms with Gasteiger partial charge in [0.2, 0.25) is 11.8 Å². The molecular formula is C19H18N2O. The van der Waals surface area contributed by atoms with Crippen LogP contribution >= 0.6 is 0 Å². The van der Waals surface area contributed by atoms with Crippen LogP contribution in [0.3, 0.4) is 0 Å². The molecule has 0 unspecified atom stereocenters. The van der Waals surface area contributed by atoms with Crippen LogP contribution in [-0.4, -0.2) is 10.2 Å². The monoisotopic (exact) mass is 290 g/mol. The van der Waals surface area contributed by atoms with E-state index in [0.29, 0.717) is 18.2 Å². The molecule has 3 nitrogen and oxygen atoms in total. The summed E-state index contributed by atoms with van der Waals surface area (Å²) in [7, 11) is 0. The van der Waals surface area contributed by atoms with Crippen LogP contribution < -0.4 is 0 Å². The highest BCUT2D eigenvalue weighted by atomic mass is 16.4. The van der Waals surface area contributed by atoms with Crippen molar-refractivity contribution in [2.24, 2.45) is 0 Å². The Hall–Kier alpha value is -2.68. The topological polar surface area (TPSA) is 38.9 Å². The highest BCUT2D eigenvalue weighted by molar-refractivity contribution is 5.66. The third-order valence-corrected chi connectivity index (χ3v) is 3.42. The summed E-state index contributed by atoms with van der Waals surface area (Å²) in [6, 6.07) is 16.6. The van der Waals surface area contributed by atoms with Gasteiger partial charge >= 0.3 is 0 Å². The van der Waals surface area contributed by atoms with Crippen molar-refractivity contribution in [1.82, 2.24) is 10.2 Å². The largest absolute Gasteiger partial charge is 0.421 e. The minimum Gasteiger partial charge on any atom is -0.421 e. The van der Waals surface area contributed by atoms with Gasteiger partial charge in [0.05, 0.1) is 6.42 Å². The Balaban J connectivity index is 1.69. The maximum atomic E-state index is 5.66. The number of hydrogen-bond acceptors (Lipinski definition) is 3. The first-order valence-electron chi connectivity index (χ1n) is 7.32. The Morgan fingerprint density at radius 2 is 1.73 bits per heavy atom. The minimum atomic E-state index is 0.531. The number of nitrogens with zero attached hydrogens (tertiary/aromatic N) is 2. The van der Waals surface area contributed by atoms with Gasteiger partial charge in [-0.2, -0.15) is 0 Å². The molecule has 0 amide bonds. The lowest BCUT2D eigenvalue weighted by molar-refractivity contribution is 0.496. The average molecular weight is 290 g/mol. The van der Waals surface area contributed by atoms with E-state index in [1.165, 1.54) is 16.7 Å². The van der Waals surface area contributed by atoms with Crippen molar-refractivity contribution in [1.29, 1.82) is 0 Å². The van der Waals surface area contributed by atoms with E-state index in [0.717, 1.165) is 5.56 Å². The van der Waals surface area contributed by atoms with Gasteiger partial charge in [-0.25, -0.2) is 0 Å². The zero-order valence-corrected chi connectivity index (χ0v) is 12.8. The fourth-order valence-electron chi connectivity index (χ4n) is 2.23. The summed E-state index contributed by atoms with van der Waals surface area (Å²) in [5.41, 5.74) is 4.77. The number of aryl methyl sites for hydroxylation is 2. The lowest BCUT2D eigenvalue weighted by Gasteiger charge is -1.97. The third-order valence-electron chi connectivity index (χ3n) is 3.42. The smallest absolute Gasteiger partial charge is 0.240 e. The maximum Gasteiger partial charge on any atom is 0.240 e. The summed E-state index contributed by atoms with van der Waals surface area (Å²) in [6.07, 6.45) is 4.49. The van der Waals surface area contributed by atoms with E-state index in [9.17, 15) is 0 Å². The first-order chi connectivity index (χ1) is 10.7. The molecule has 0 atom stereocenters. The van der Waals surface area contributed by atoms with Crippen LogP contribution in [0.2, 0.25) is 0 Å². The summed E-state index contributed by atoms with van der Waals surface area (Å²) in [5, 5.41) is 8.16. The SMILES string of the molecule is Cc1ccc(Cc2nnc(/C=C/c3cccc(C)c3)o2)cc1. The molecule has 0 aliphatic carbocycles. The molecule has 1 heterocycles. The molecule has 110 valence electrons. The number of aromatic nitrogens is 2. The van der Waals surface area contributed by atoms with Crippen molar-refractivity contribution >= 4 is 12.2 Å². The molecule has 0 bridgehead atoms. The number of hydrogen-bond donors (Lipinski definition) is 0. The van der Waals surface area contributed by atoms with Crippen LogP contribution in [0, 0.1) is 13.8 Å². The molecule has 1 aromatic heterocycles. The van der Waals surface area contributed by atoms with Crippen molar-refractivity contribution in [2.45, 2.75) is 20.3 Å². The zero-order valence-electron chi connectivity index (χ0n) is 12.8. The Bertz CT molecular complexity index is 785. The van der Waals surface area contributed by atoms with Gasteiger partial charge in [0, 0.05) is 6.08 Å². The fraction of sp³-hybridized carbons (Fsp3) is 0.158. The predicted molar refractivity (Wildman–Crippen MR) is 88.4 cm³/mol. The van der Waals surface area contributed by atoms with Crippen molar-refractivity contribution < 1.29 is 4.42 Å². The molecular weight excluding hydrogens is 272 g/mol. The second-order valence-corrected chi connectivity index (χ2v) is 5.44. The van der Waals surface area contributed by atoms with Gasteiger partial charge in [-0.15, -0.1) is 10.2 Å². The summed E-state index contributed by atoms with van der Waals surface area (Å²) >= 11 is 0. The van der Waals surface area contributed by atoms with Gasteiger partial charge in [-0.1, -0.05) is 59.7 Å². The molecule has 3 rings (SSSR count). The maximum absolute atomic E-state index is 5.66. The van der Waals surface area contributed by atoms with E-state index in [4.69, 9.17) is 4.42 Å². The molecule has 0 aliphatic heterocycles. The standard InChI is InChI=1S/C19H18N2O/c1-14-6-8-17(9-7-14)13-19-21-20-18(22-19)11-10-16-5-3-4-15(2)12-16/h3-12H,13H2,1-2H3/b11-10+. The lowest BCUT2D eigenvalue weighted by Crippen LogP contribution is -1.88. The van der Waals surface area contributed by atoms with Gasteiger partial charge in [0.15, 0.2) is 0 Å². The molecule has 0 saturated heterocycles. The van der Waals surface area contributed by atoms with E-state index in [1.54, 1.807) is 0 Å². The Labute approximate surface area is 130 Å². The van der Waals surface area contributed by atoms with Crippen LogP contribution in [0.15, 0.2) is 52.9 Å². The van der Waals surface area contributed by atoms with Crippen LogP contribution in [0.25, 0.3) is 12.2 Å². The van der Waals surface area contributed by atoms with Crippen molar-refractivity contribution in [2.75, 3.05) is 0 Å². The molecule has 2 aromatic carbocycles. The minimum absolute atomic E-state index is 0.531. The van der Waals surface area contributed by atoms with Gasteiger partial charge < -0.3 is 4.42 Å². The summed E-state index contributed by atoms with van der Waals surface area (Å²) in [5.74, 6) is 1.16. The van der Waals surface area contributed by atoms with E-state index < -0.39 is 0 Å². The average Bonchev–Trinajstić information content (AvgIpc) is 2.95. The number of benzene rings is 2. The summed E-state index contributed by atoms with van der Waals surface area (Å²) in [6.45, 7) is 4.15. The van der Waals surface area contributed by atoms with Crippen molar-refractivity contribution in [3.8, 4) is 0 Å². The Morgan fingerprint density at radius 1 is 0.909 bits per heavy atom. The van der Waals surface area contributed by atoms with Gasteiger partial charge in [-0.3, -0.25) is 0 Å². The lowest BCUT2D eigenvalue weighted by atomic mass is 10.1. The molecule has 0 aliphatic rings. The van der Waals surface area contributed by atoms with E-state index in [2.05, 4.69) is 60.4 Å². The zero-order chi connectivity index (χ0) is 15.4. The Kier molecular flexibility index (Phi) is 4.15. The first kappa shape index (κ1) is 14.3. The van der Waals surface area contributed by atoms with E-state index in [1.807, 2.05) is 24.3 Å². The van der Waals surface area contributed by atoms with Gasteiger partial charge in [-0.05, 0) is 31.1 Å². The van der Waals surface area contributed by atoms with E-state index >= 15 is 0 Å².